The fourth-order valence-electron chi connectivity index (χ4n) is 4.21. The zero-order valence-corrected chi connectivity index (χ0v) is 19.9. The maximum absolute atomic E-state index is 11.8. The minimum atomic E-state index is -0.423. The van der Waals surface area contributed by atoms with Gasteiger partial charge in [0.25, 0.3) is 0 Å². The molecule has 1 atom stereocenters. The summed E-state index contributed by atoms with van der Waals surface area (Å²) in [5.74, 6) is -0.531. The molecule has 0 bridgehead atoms. The number of hydrogen-bond acceptors (Lipinski definition) is 3. The molecule has 0 saturated heterocycles. The van der Waals surface area contributed by atoms with Crippen LogP contribution >= 0.6 is 0 Å². The topological polar surface area (TPSA) is 46.5 Å². The summed E-state index contributed by atoms with van der Waals surface area (Å²) < 4.78 is 0. The van der Waals surface area contributed by atoms with Gasteiger partial charge in [0, 0.05) is 0 Å². The molecule has 0 saturated carbocycles. The minimum absolute atomic E-state index is 0.108. The van der Waals surface area contributed by atoms with Gasteiger partial charge in [-0.05, 0) is 12.8 Å². The highest BCUT2D eigenvalue weighted by Crippen LogP contribution is 2.20. The molecule has 0 aliphatic heterocycles. The molecule has 0 spiro atoms. The number of hydrogen-bond donors (Lipinski definition) is 1. The van der Waals surface area contributed by atoms with Crippen molar-refractivity contribution in [3.63, 3.8) is 0 Å². The molecule has 0 aromatic heterocycles. The van der Waals surface area contributed by atoms with Gasteiger partial charge in [-0.25, -0.2) is 4.79 Å². The summed E-state index contributed by atoms with van der Waals surface area (Å²) >= 11 is 0. The predicted octanol–water partition coefficient (Wildman–Crippen LogP) is 9.24. The van der Waals surface area contributed by atoms with Crippen LogP contribution in [0.3, 0.4) is 0 Å². The fraction of sp³-hybridized carbons (Fsp3) is 0.962. The quantitative estimate of drug-likeness (QED) is 0.103. The van der Waals surface area contributed by atoms with E-state index in [0.717, 1.165) is 25.7 Å². The van der Waals surface area contributed by atoms with Gasteiger partial charge in [-0.1, -0.05) is 142 Å². The van der Waals surface area contributed by atoms with Crippen molar-refractivity contribution in [1.82, 2.24) is 0 Å². The number of rotatable bonds is 23. The first-order valence-corrected chi connectivity index (χ1v) is 13.1. The van der Waals surface area contributed by atoms with Gasteiger partial charge in [0.05, 0.1) is 5.92 Å². The van der Waals surface area contributed by atoms with E-state index in [1.165, 1.54) is 116 Å². The summed E-state index contributed by atoms with van der Waals surface area (Å²) in [6.07, 6.45) is 28.0. The normalized spacial score (nSPS) is 12.2. The Labute approximate surface area is 182 Å². The predicted molar refractivity (Wildman–Crippen MR) is 125 cm³/mol. The largest absolute Gasteiger partial charge is 0.345 e. The SMILES string of the molecule is CCCCCCCCCCCCCCCCC(CCCCCCCC)C(=O)OO. The van der Waals surface area contributed by atoms with E-state index in [2.05, 4.69) is 18.7 Å². The van der Waals surface area contributed by atoms with Gasteiger partial charge < -0.3 is 4.89 Å². The van der Waals surface area contributed by atoms with E-state index in [4.69, 9.17) is 5.26 Å². The molecular formula is C26H52O3. The minimum Gasteiger partial charge on any atom is -0.301 e. The second-order valence-corrected chi connectivity index (χ2v) is 9.05. The van der Waals surface area contributed by atoms with Crippen molar-refractivity contribution in [3.05, 3.63) is 0 Å². The second-order valence-electron chi connectivity index (χ2n) is 9.05. The van der Waals surface area contributed by atoms with Gasteiger partial charge >= 0.3 is 5.97 Å². The molecule has 0 aromatic rings. The van der Waals surface area contributed by atoms with Crippen molar-refractivity contribution >= 4 is 5.97 Å². The summed E-state index contributed by atoms with van der Waals surface area (Å²) in [6.45, 7) is 4.50. The Kier molecular flexibility index (Phi) is 23.2. The zero-order chi connectivity index (χ0) is 21.4. The molecule has 0 fully saturated rings. The van der Waals surface area contributed by atoms with Crippen LogP contribution in [0.15, 0.2) is 0 Å². The summed E-state index contributed by atoms with van der Waals surface area (Å²) in [5, 5.41) is 8.74. The van der Waals surface area contributed by atoms with Crippen LogP contribution in [0.1, 0.15) is 155 Å². The second kappa shape index (κ2) is 23.7. The van der Waals surface area contributed by atoms with E-state index in [-0.39, 0.29) is 5.92 Å². The van der Waals surface area contributed by atoms with Crippen molar-refractivity contribution in [2.24, 2.45) is 5.92 Å². The Morgan fingerprint density at radius 2 is 0.828 bits per heavy atom. The van der Waals surface area contributed by atoms with Gasteiger partial charge in [-0.15, -0.1) is 0 Å². The lowest BCUT2D eigenvalue weighted by Crippen LogP contribution is -2.16. The molecule has 0 amide bonds. The highest BCUT2D eigenvalue weighted by atomic mass is 17.1. The molecular weight excluding hydrogens is 360 g/mol. The van der Waals surface area contributed by atoms with E-state index >= 15 is 0 Å². The smallest absolute Gasteiger partial charge is 0.301 e. The Morgan fingerprint density at radius 3 is 1.10 bits per heavy atom. The standard InChI is InChI=1S/C26H52O3/c1-3-5-7-9-11-12-13-14-15-16-17-18-20-22-24-25(26(27)29-28)23-21-19-10-8-6-4-2/h25,28H,3-24H2,1-2H3. The van der Waals surface area contributed by atoms with Crippen LogP contribution in [-0.2, 0) is 9.68 Å². The maximum Gasteiger partial charge on any atom is 0.345 e. The zero-order valence-electron chi connectivity index (χ0n) is 19.9. The average molecular weight is 413 g/mol. The fourth-order valence-corrected chi connectivity index (χ4v) is 4.21. The van der Waals surface area contributed by atoms with Crippen LogP contribution in [-0.4, -0.2) is 11.2 Å². The van der Waals surface area contributed by atoms with E-state index in [0.29, 0.717) is 0 Å². The molecule has 0 heterocycles. The molecule has 0 aliphatic rings. The molecule has 3 nitrogen and oxygen atoms in total. The molecule has 1 N–H and O–H groups in total. The van der Waals surface area contributed by atoms with E-state index in [1.54, 1.807) is 0 Å². The lowest BCUT2D eigenvalue weighted by atomic mass is 9.94. The molecule has 0 aliphatic carbocycles. The summed E-state index contributed by atoms with van der Waals surface area (Å²) in [6, 6.07) is 0. The highest BCUT2D eigenvalue weighted by molar-refractivity contribution is 5.71. The van der Waals surface area contributed by atoms with Gasteiger partial charge in [-0.3, -0.25) is 0 Å². The molecule has 0 aromatic carbocycles. The van der Waals surface area contributed by atoms with E-state index in [9.17, 15) is 4.79 Å². The van der Waals surface area contributed by atoms with Crippen molar-refractivity contribution in [1.29, 1.82) is 0 Å². The molecule has 174 valence electrons. The maximum atomic E-state index is 11.8. The first-order chi connectivity index (χ1) is 14.3. The first-order valence-electron chi connectivity index (χ1n) is 13.1. The number of unbranched alkanes of at least 4 members (excludes halogenated alkanes) is 18. The third-order valence-corrected chi connectivity index (χ3v) is 6.24. The van der Waals surface area contributed by atoms with Gasteiger partial charge in [0.2, 0.25) is 0 Å². The molecule has 0 radical (unpaired) electrons. The third-order valence-electron chi connectivity index (χ3n) is 6.24. The lowest BCUT2D eigenvalue weighted by molar-refractivity contribution is -0.239. The molecule has 3 heteroatoms. The van der Waals surface area contributed by atoms with Crippen LogP contribution in [0.4, 0.5) is 0 Å². The number of carbonyl (C=O) groups is 1. The lowest BCUT2D eigenvalue weighted by Gasteiger charge is -2.13. The molecule has 1 unspecified atom stereocenters. The van der Waals surface area contributed by atoms with Gasteiger partial charge in [-0.2, -0.15) is 5.26 Å². The van der Waals surface area contributed by atoms with Crippen LogP contribution in [0.25, 0.3) is 0 Å². The average Bonchev–Trinajstić information content (AvgIpc) is 2.74. The number of carbonyl (C=O) groups excluding carboxylic acids is 1. The van der Waals surface area contributed by atoms with Gasteiger partial charge in [0.15, 0.2) is 0 Å². The van der Waals surface area contributed by atoms with Gasteiger partial charge in [0.1, 0.15) is 0 Å². The highest BCUT2D eigenvalue weighted by Gasteiger charge is 2.19. The molecule has 0 rings (SSSR count). The van der Waals surface area contributed by atoms with Crippen LogP contribution < -0.4 is 0 Å². The Balaban J connectivity index is 3.50. The van der Waals surface area contributed by atoms with Crippen LogP contribution in [0.5, 0.6) is 0 Å². The van der Waals surface area contributed by atoms with Crippen molar-refractivity contribution in [3.8, 4) is 0 Å². The Hall–Kier alpha value is -0.570. The summed E-state index contributed by atoms with van der Waals surface area (Å²) in [5.41, 5.74) is 0. The first kappa shape index (κ1) is 28.4. The summed E-state index contributed by atoms with van der Waals surface area (Å²) in [7, 11) is 0. The molecule has 29 heavy (non-hydrogen) atoms. The van der Waals surface area contributed by atoms with Crippen molar-refractivity contribution < 1.29 is 14.9 Å². The monoisotopic (exact) mass is 412 g/mol. The van der Waals surface area contributed by atoms with E-state index < -0.39 is 5.97 Å². The van der Waals surface area contributed by atoms with Crippen molar-refractivity contribution in [2.45, 2.75) is 155 Å². The van der Waals surface area contributed by atoms with Crippen LogP contribution in [0.2, 0.25) is 0 Å². The summed E-state index contributed by atoms with van der Waals surface area (Å²) in [4.78, 5) is 15.8. The Morgan fingerprint density at radius 1 is 0.552 bits per heavy atom. The van der Waals surface area contributed by atoms with Crippen LogP contribution in [0, 0.1) is 5.92 Å². The Bertz CT molecular complexity index is 330. The van der Waals surface area contributed by atoms with E-state index in [1.807, 2.05) is 0 Å². The van der Waals surface area contributed by atoms with Crippen molar-refractivity contribution in [2.75, 3.05) is 0 Å². The third kappa shape index (κ3) is 20.5.